The average molecular weight is 443 g/mol. The molecule has 178 valence electrons. The minimum absolute atomic E-state index is 0.110. The summed E-state index contributed by atoms with van der Waals surface area (Å²) in [6.07, 6.45) is 8.36. The van der Waals surface area contributed by atoms with E-state index in [4.69, 9.17) is 4.74 Å². The zero-order valence-electron chi connectivity index (χ0n) is 20.7. The van der Waals surface area contributed by atoms with Crippen molar-refractivity contribution in [2.75, 3.05) is 0 Å². The van der Waals surface area contributed by atoms with Crippen LogP contribution in [0.15, 0.2) is 23.3 Å². The van der Waals surface area contributed by atoms with Crippen molar-refractivity contribution in [3.63, 3.8) is 0 Å². The Hall–Kier alpha value is -0.970. The molecule has 0 aromatic heterocycles. The molecule has 0 radical (unpaired) electrons. The van der Waals surface area contributed by atoms with Crippen LogP contribution < -0.4 is 0 Å². The highest BCUT2D eigenvalue weighted by Gasteiger charge is 2.78. The van der Waals surface area contributed by atoms with E-state index in [-0.39, 0.29) is 28.6 Å². The van der Waals surface area contributed by atoms with Crippen LogP contribution in [0, 0.1) is 40.4 Å². The van der Waals surface area contributed by atoms with Gasteiger partial charge < -0.3 is 14.9 Å². The number of aliphatic hydroxyl groups is 2. The Morgan fingerprint density at radius 3 is 2.47 bits per heavy atom. The molecule has 2 N–H and O–H groups in total. The molecule has 10 atom stereocenters. The van der Waals surface area contributed by atoms with Crippen molar-refractivity contribution in [3.05, 3.63) is 23.3 Å². The fourth-order valence-corrected chi connectivity index (χ4v) is 8.23. The summed E-state index contributed by atoms with van der Waals surface area (Å²) in [6, 6.07) is 0. The van der Waals surface area contributed by atoms with Gasteiger partial charge in [0.2, 0.25) is 0 Å². The van der Waals surface area contributed by atoms with Crippen molar-refractivity contribution in [2.45, 2.75) is 104 Å². The number of hydrogen-bond acceptors (Lipinski definition) is 4. The summed E-state index contributed by atoms with van der Waals surface area (Å²) < 4.78 is 6.19. The zero-order chi connectivity index (χ0) is 23.2. The minimum Gasteiger partial charge on any atom is -0.393 e. The topological polar surface area (TPSA) is 70.1 Å². The van der Waals surface area contributed by atoms with Gasteiger partial charge in [0.05, 0.1) is 12.2 Å². The van der Waals surface area contributed by atoms with Crippen LogP contribution in [0.1, 0.15) is 80.1 Å². The largest absolute Gasteiger partial charge is 0.393 e. The van der Waals surface area contributed by atoms with Crippen LogP contribution in [0.4, 0.5) is 0 Å². The monoisotopic (exact) mass is 442 g/mol. The molecule has 32 heavy (non-hydrogen) atoms. The molecule has 4 heteroatoms. The maximum Gasteiger partial charge on any atom is 0.190 e. The first kappa shape index (κ1) is 22.8. The molecule has 0 amide bonds. The fraction of sp³-hybridized carbons (Fsp3) is 0.821. The lowest BCUT2D eigenvalue weighted by molar-refractivity contribution is -0.121. The van der Waals surface area contributed by atoms with Crippen LogP contribution in [0.3, 0.4) is 0 Å². The Kier molecular flexibility index (Phi) is 5.18. The lowest BCUT2D eigenvalue weighted by Gasteiger charge is -2.54. The molecule has 5 aliphatic rings. The Morgan fingerprint density at radius 2 is 1.78 bits per heavy atom. The van der Waals surface area contributed by atoms with E-state index in [2.05, 4.69) is 53.7 Å². The summed E-state index contributed by atoms with van der Waals surface area (Å²) in [6.45, 7) is 13.7. The fourth-order valence-electron chi connectivity index (χ4n) is 8.23. The second-order valence-corrected chi connectivity index (χ2v) is 12.6. The van der Waals surface area contributed by atoms with Crippen molar-refractivity contribution in [1.29, 1.82) is 0 Å². The lowest BCUT2D eigenvalue weighted by atomic mass is 9.48. The van der Waals surface area contributed by atoms with E-state index in [9.17, 15) is 15.0 Å². The molecule has 4 nitrogen and oxygen atoms in total. The predicted octanol–water partition coefficient (Wildman–Crippen LogP) is 4.84. The van der Waals surface area contributed by atoms with E-state index in [0.29, 0.717) is 30.1 Å². The Bertz CT molecular complexity index is 873. The Balaban J connectivity index is 1.52. The summed E-state index contributed by atoms with van der Waals surface area (Å²) >= 11 is 0. The maximum absolute atomic E-state index is 13.7. The standard InChI is InChI=1S/C28H42O4/c1-15(2)16(3)7-8-17(4)20-13-21(30)23-22-19(10-11-26(20,23)5)27(6)12-9-18(29)14-28(27)25(32-28)24(22)31/h7-8,15-21,25,29-30H,9-14H2,1-6H3/b8-7+/t16-,17+,18-,19-,20+,21-,25+,26+,27+,28+/m0/s1. The number of carbonyl (C=O) groups excluding carboxylic acids is 1. The van der Waals surface area contributed by atoms with E-state index in [1.54, 1.807) is 0 Å². The number of aliphatic hydroxyl groups excluding tert-OH is 2. The van der Waals surface area contributed by atoms with E-state index in [1.807, 2.05) is 0 Å². The molecule has 5 rings (SSSR count). The van der Waals surface area contributed by atoms with Gasteiger partial charge in [-0.1, -0.05) is 53.7 Å². The number of allylic oxidation sites excluding steroid dienone is 2. The van der Waals surface area contributed by atoms with Crippen LogP contribution in [0.2, 0.25) is 0 Å². The molecule has 4 aliphatic carbocycles. The summed E-state index contributed by atoms with van der Waals surface area (Å²) in [5, 5.41) is 21.7. The third kappa shape index (κ3) is 2.88. The van der Waals surface area contributed by atoms with E-state index in [0.717, 1.165) is 43.3 Å². The first-order chi connectivity index (χ1) is 15.0. The molecular formula is C28H42O4. The molecule has 0 aromatic carbocycles. The molecule has 0 bridgehead atoms. The van der Waals surface area contributed by atoms with Crippen LogP contribution in [0.5, 0.6) is 0 Å². The van der Waals surface area contributed by atoms with Crippen LogP contribution >= 0.6 is 0 Å². The molecular weight excluding hydrogens is 400 g/mol. The summed E-state index contributed by atoms with van der Waals surface area (Å²) in [4.78, 5) is 13.7. The van der Waals surface area contributed by atoms with Crippen molar-refractivity contribution >= 4 is 5.78 Å². The van der Waals surface area contributed by atoms with Gasteiger partial charge in [-0.3, -0.25) is 4.79 Å². The van der Waals surface area contributed by atoms with E-state index in [1.165, 1.54) is 0 Å². The molecule has 3 saturated carbocycles. The first-order valence-corrected chi connectivity index (χ1v) is 13.0. The second kappa shape index (κ2) is 7.26. The second-order valence-electron chi connectivity index (χ2n) is 12.6. The quantitative estimate of drug-likeness (QED) is 0.483. The number of epoxide rings is 1. The Labute approximate surface area is 193 Å². The minimum atomic E-state index is -0.533. The molecule has 1 saturated heterocycles. The highest BCUT2D eigenvalue weighted by molar-refractivity contribution is 6.05. The van der Waals surface area contributed by atoms with Crippen LogP contribution in [0.25, 0.3) is 0 Å². The number of hydrogen-bond donors (Lipinski definition) is 2. The van der Waals surface area contributed by atoms with E-state index < -0.39 is 17.8 Å². The smallest absolute Gasteiger partial charge is 0.190 e. The number of ether oxygens (including phenoxy) is 1. The van der Waals surface area contributed by atoms with Gasteiger partial charge in [-0.05, 0) is 72.7 Å². The highest BCUT2D eigenvalue weighted by atomic mass is 16.6. The van der Waals surface area contributed by atoms with Gasteiger partial charge in [0, 0.05) is 17.4 Å². The highest BCUT2D eigenvalue weighted by Crippen LogP contribution is 2.71. The van der Waals surface area contributed by atoms with Gasteiger partial charge >= 0.3 is 0 Å². The van der Waals surface area contributed by atoms with Crippen LogP contribution in [-0.2, 0) is 9.53 Å². The maximum atomic E-state index is 13.7. The first-order valence-electron chi connectivity index (χ1n) is 13.0. The third-order valence-electron chi connectivity index (χ3n) is 10.7. The van der Waals surface area contributed by atoms with Crippen molar-refractivity contribution in [3.8, 4) is 0 Å². The molecule has 4 fully saturated rings. The SMILES string of the molecule is CC(C)[C@@H](C)/C=C/[C@@H](C)[C@H]1C[C@H](O)C2=C3C(=O)[C@H]4O[C@]45C[C@@H](O)CC[C@]5(C)[C@H]3CC[C@@]21C. The lowest BCUT2D eigenvalue weighted by Crippen LogP contribution is -2.57. The number of rotatable bonds is 4. The number of fused-ring (bicyclic) bond motifs is 3. The van der Waals surface area contributed by atoms with Crippen LogP contribution in [-0.4, -0.2) is 39.9 Å². The average Bonchev–Trinajstić information content (AvgIpc) is 3.39. The van der Waals surface area contributed by atoms with Gasteiger partial charge in [0.15, 0.2) is 11.9 Å². The molecule has 1 aliphatic heterocycles. The summed E-state index contributed by atoms with van der Waals surface area (Å²) in [5.74, 6) is 2.11. The van der Waals surface area contributed by atoms with Gasteiger partial charge in [0.1, 0.15) is 5.60 Å². The van der Waals surface area contributed by atoms with Gasteiger partial charge in [-0.15, -0.1) is 0 Å². The number of Topliss-reactive ketones (excluding diaryl/α,β-unsaturated/α-hetero) is 1. The third-order valence-corrected chi connectivity index (χ3v) is 10.7. The molecule has 1 spiro atoms. The number of carbonyl (C=O) groups is 1. The molecule has 0 unspecified atom stereocenters. The summed E-state index contributed by atoms with van der Waals surface area (Å²) in [7, 11) is 0. The molecule has 1 heterocycles. The Morgan fingerprint density at radius 1 is 1.06 bits per heavy atom. The van der Waals surface area contributed by atoms with Crippen molar-refractivity contribution < 1.29 is 19.7 Å². The summed E-state index contributed by atoms with van der Waals surface area (Å²) in [5.41, 5.74) is 1.22. The number of ketones is 1. The normalized spacial score (nSPS) is 49.5. The molecule has 0 aromatic rings. The van der Waals surface area contributed by atoms with Crippen molar-refractivity contribution in [1.82, 2.24) is 0 Å². The van der Waals surface area contributed by atoms with E-state index >= 15 is 0 Å². The predicted molar refractivity (Wildman–Crippen MR) is 125 cm³/mol. The van der Waals surface area contributed by atoms with Gasteiger partial charge in [0.25, 0.3) is 0 Å². The van der Waals surface area contributed by atoms with Crippen molar-refractivity contribution in [2.24, 2.45) is 40.4 Å². The van der Waals surface area contributed by atoms with Gasteiger partial charge in [-0.2, -0.15) is 0 Å². The van der Waals surface area contributed by atoms with Gasteiger partial charge in [-0.25, -0.2) is 0 Å². The zero-order valence-corrected chi connectivity index (χ0v) is 20.7.